The van der Waals surface area contributed by atoms with Crippen molar-refractivity contribution in [3.8, 4) is 0 Å². The minimum atomic E-state index is 0.815. The number of hydrogen-bond acceptors (Lipinski definition) is 3. The highest BCUT2D eigenvalue weighted by atomic mass is 15.1. The highest BCUT2D eigenvalue weighted by Gasteiger charge is 2.16. The largest absolute Gasteiger partial charge is 0.378 e. The van der Waals surface area contributed by atoms with Crippen LogP contribution in [0.1, 0.15) is 24.0 Å². The summed E-state index contributed by atoms with van der Waals surface area (Å²) in [5.74, 6) is 0. The Kier molecular flexibility index (Phi) is 4.61. The van der Waals surface area contributed by atoms with Gasteiger partial charge < -0.3 is 10.6 Å². The van der Waals surface area contributed by atoms with Crippen molar-refractivity contribution in [2.75, 3.05) is 38.6 Å². The molecule has 0 aromatic heterocycles. The van der Waals surface area contributed by atoms with Crippen molar-refractivity contribution >= 4 is 5.69 Å². The van der Waals surface area contributed by atoms with Gasteiger partial charge in [-0.05, 0) is 55.6 Å². The number of rotatable bonds is 5. The third kappa shape index (κ3) is 3.24. The molecule has 1 aliphatic heterocycles. The SMILES string of the molecule is CN(C)c1ccc2c(c1)CN(CCCCN)CC2. The molecule has 3 heteroatoms. The summed E-state index contributed by atoms with van der Waals surface area (Å²) in [6, 6.07) is 6.86. The lowest BCUT2D eigenvalue weighted by Gasteiger charge is -2.29. The van der Waals surface area contributed by atoms with Crippen LogP contribution in [0.25, 0.3) is 0 Å². The van der Waals surface area contributed by atoms with Crippen LogP contribution in [0.3, 0.4) is 0 Å². The van der Waals surface area contributed by atoms with Crippen molar-refractivity contribution in [1.29, 1.82) is 0 Å². The molecule has 0 unspecified atom stereocenters. The van der Waals surface area contributed by atoms with Crippen molar-refractivity contribution in [3.05, 3.63) is 29.3 Å². The highest BCUT2D eigenvalue weighted by molar-refractivity contribution is 5.50. The monoisotopic (exact) mass is 247 g/mol. The van der Waals surface area contributed by atoms with Crippen molar-refractivity contribution in [2.24, 2.45) is 5.73 Å². The maximum Gasteiger partial charge on any atom is 0.0364 e. The number of anilines is 1. The fourth-order valence-corrected chi connectivity index (χ4v) is 2.55. The Labute approximate surface area is 111 Å². The van der Waals surface area contributed by atoms with E-state index in [1.807, 2.05) is 0 Å². The summed E-state index contributed by atoms with van der Waals surface area (Å²) in [5, 5.41) is 0. The van der Waals surface area contributed by atoms with E-state index in [0.29, 0.717) is 0 Å². The second-order valence-electron chi connectivity index (χ2n) is 5.37. The average Bonchev–Trinajstić information content (AvgIpc) is 2.38. The van der Waals surface area contributed by atoms with Gasteiger partial charge in [-0.1, -0.05) is 6.07 Å². The number of fused-ring (bicyclic) bond motifs is 1. The summed E-state index contributed by atoms with van der Waals surface area (Å²) in [7, 11) is 4.20. The van der Waals surface area contributed by atoms with Crippen LogP contribution in [-0.2, 0) is 13.0 Å². The van der Waals surface area contributed by atoms with Crippen molar-refractivity contribution in [2.45, 2.75) is 25.8 Å². The van der Waals surface area contributed by atoms with E-state index in [4.69, 9.17) is 5.73 Å². The zero-order valence-electron chi connectivity index (χ0n) is 11.7. The van der Waals surface area contributed by atoms with E-state index in [1.165, 1.54) is 42.7 Å². The zero-order valence-corrected chi connectivity index (χ0v) is 11.7. The van der Waals surface area contributed by atoms with Gasteiger partial charge in [-0.3, -0.25) is 4.90 Å². The summed E-state index contributed by atoms with van der Waals surface area (Å²) in [4.78, 5) is 4.73. The van der Waals surface area contributed by atoms with Gasteiger partial charge in [0.25, 0.3) is 0 Å². The number of nitrogens with two attached hydrogens (primary N) is 1. The normalized spacial score (nSPS) is 15.5. The molecule has 1 aliphatic rings. The van der Waals surface area contributed by atoms with E-state index in [9.17, 15) is 0 Å². The Morgan fingerprint density at radius 3 is 2.78 bits per heavy atom. The molecule has 0 aliphatic carbocycles. The number of unbranched alkanes of at least 4 members (excludes halogenated alkanes) is 1. The van der Waals surface area contributed by atoms with E-state index in [0.717, 1.165) is 19.5 Å². The molecule has 0 atom stereocenters. The molecule has 2 N–H and O–H groups in total. The summed E-state index contributed by atoms with van der Waals surface area (Å²) < 4.78 is 0. The quantitative estimate of drug-likeness (QED) is 0.806. The molecular formula is C15H25N3. The minimum absolute atomic E-state index is 0.815. The molecule has 18 heavy (non-hydrogen) atoms. The molecule has 0 saturated heterocycles. The van der Waals surface area contributed by atoms with Crippen LogP contribution >= 0.6 is 0 Å². The topological polar surface area (TPSA) is 32.5 Å². The summed E-state index contributed by atoms with van der Waals surface area (Å²) in [6.07, 6.45) is 3.55. The lowest BCUT2D eigenvalue weighted by molar-refractivity contribution is 0.249. The fourth-order valence-electron chi connectivity index (χ4n) is 2.55. The zero-order chi connectivity index (χ0) is 13.0. The van der Waals surface area contributed by atoms with Gasteiger partial charge in [0.2, 0.25) is 0 Å². The molecular weight excluding hydrogens is 222 g/mol. The Morgan fingerprint density at radius 1 is 1.22 bits per heavy atom. The first-order valence-electron chi connectivity index (χ1n) is 6.92. The van der Waals surface area contributed by atoms with Crippen LogP contribution < -0.4 is 10.6 Å². The molecule has 2 rings (SSSR count). The molecule has 0 fully saturated rings. The van der Waals surface area contributed by atoms with Gasteiger partial charge in [0.1, 0.15) is 0 Å². The summed E-state index contributed by atoms with van der Waals surface area (Å²) in [5.41, 5.74) is 9.88. The molecule has 100 valence electrons. The van der Waals surface area contributed by atoms with Crippen LogP contribution in [0.2, 0.25) is 0 Å². The third-order valence-electron chi connectivity index (χ3n) is 3.73. The first-order chi connectivity index (χ1) is 8.70. The van der Waals surface area contributed by atoms with Crippen molar-refractivity contribution in [3.63, 3.8) is 0 Å². The van der Waals surface area contributed by atoms with Crippen LogP contribution in [0.5, 0.6) is 0 Å². The predicted octanol–water partition coefficient (Wildman–Crippen LogP) is 1.85. The number of nitrogens with zero attached hydrogens (tertiary/aromatic N) is 2. The first kappa shape index (κ1) is 13.4. The van der Waals surface area contributed by atoms with E-state index >= 15 is 0 Å². The summed E-state index contributed by atoms with van der Waals surface area (Å²) in [6.45, 7) is 4.29. The van der Waals surface area contributed by atoms with E-state index in [-0.39, 0.29) is 0 Å². The Balaban J connectivity index is 2.00. The van der Waals surface area contributed by atoms with Crippen LogP contribution in [0.15, 0.2) is 18.2 Å². The van der Waals surface area contributed by atoms with Gasteiger partial charge in [-0.2, -0.15) is 0 Å². The van der Waals surface area contributed by atoms with Gasteiger partial charge >= 0.3 is 0 Å². The van der Waals surface area contributed by atoms with E-state index in [1.54, 1.807) is 0 Å². The van der Waals surface area contributed by atoms with E-state index < -0.39 is 0 Å². The minimum Gasteiger partial charge on any atom is -0.378 e. The average molecular weight is 247 g/mol. The van der Waals surface area contributed by atoms with Gasteiger partial charge in [0, 0.05) is 32.9 Å². The van der Waals surface area contributed by atoms with E-state index in [2.05, 4.69) is 42.1 Å². The van der Waals surface area contributed by atoms with Crippen molar-refractivity contribution in [1.82, 2.24) is 4.90 Å². The first-order valence-corrected chi connectivity index (χ1v) is 6.92. The number of benzene rings is 1. The molecule has 3 nitrogen and oxygen atoms in total. The Hall–Kier alpha value is -1.06. The Bertz CT molecular complexity index is 387. The predicted molar refractivity (Wildman–Crippen MR) is 78.0 cm³/mol. The molecule has 1 aromatic carbocycles. The lowest BCUT2D eigenvalue weighted by atomic mass is 9.98. The van der Waals surface area contributed by atoms with Crippen molar-refractivity contribution < 1.29 is 0 Å². The van der Waals surface area contributed by atoms with Crippen LogP contribution in [-0.4, -0.2) is 38.6 Å². The van der Waals surface area contributed by atoms with Gasteiger partial charge in [-0.15, -0.1) is 0 Å². The summed E-state index contributed by atoms with van der Waals surface area (Å²) >= 11 is 0. The molecule has 0 bridgehead atoms. The van der Waals surface area contributed by atoms with Gasteiger partial charge in [-0.25, -0.2) is 0 Å². The van der Waals surface area contributed by atoms with Gasteiger partial charge in [0.05, 0.1) is 0 Å². The molecule has 0 spiro atoms. The maximum atomic E-state index is 5.55. The smallest absolute Gasteiger partial charge is 0.0364 e. The third-order valence-corrected chi connectivity index (χ3v) is 3.73. The molecule has 0 saturated carbocycles. The standard InChI is InChI=1S/C15H25N3/c1-17(2)15-6-5-13-7-10-18(9-4-3-8-16)12-14(13)11-15/h5-6,11H,3-4,7-10,12,16H2,1-2H3. The van der Waals surface area contributed by atoms with Crippen LogP contribution in [0.4, 0.5) is 5.69 Å². The van der Waals surface area contributed by atoms with Gasteiger partial charge in [0.15, 0.2) is 0 Å². The fraction of sp³-hybridized carbons (Fsp3) is 0.600. The molecule has 0 radical (unpaired) electrons. The highest BCUT2D eigenvalue weighted by Crippen LogP contribution is 2.23. The Morgan fingerprint density at radius 2 is 2.06 bits per heavy atom. The van der Waals surface area contributed by atoms with Crippen LogP contribution in [0, 0.1) is 0 Å². The second-order valence-corrected chi connectivity index (χ2v) is 5.37. The molecule has 1 heterocycles. The molecule has 1 aromatic rings. The second kappa shape index (κ2) is 6.21. The maximum absolute atomic E-state index is 5.55. The molecule has 0 amide bonds. The lowest BCUT2D eigenvalue weighted by Crippen LogP contribution is -2.31. The number of hydrogen-bond donors (Lipinski definition) is 1.